The molecule has 1 aliphatic rings. The summed E-state index contributed by atoms with van der Waals surface area (Å²) in [5.41, 5.74) is 2.16. The van der Waals surface area contributed by atoms with E-state index in [0.717, 1.165) is 43.1 Å². The molecule has 1 aliphatic heterocycles. The SMILES string of the molecule is S=c1cc(-c2ccccc2)[nH]c(C2CCCOC2)n1. The lowest BCUT2D eigenvalue weighted by atomic mass is 10.0. The van der Waals surface area contributed by atoms with Gasteiger partial charge in [0.1, 0.15) is 10.5 Å². The summed E-state index contributed by atoms with van der Waals surface area (Å²) in [5, 5.41) is 0. The minimum atomic E-state index is 0.333. The molecule has 4 heteroatoms. The van der Waals surface area contributed by atoms with E-state index in [-0.39, 0.29) is 0 Å². The van der Waals surface area contributed by atoms with E-state index in [2.05, 4.69) is 22.1 Å². The first kappa shape index (κ1) is 12.5. The van der Waals surface area contributed by atoms with Crippen LogP contribution >= 0.6 is 12.2 Å². The van der Waals surface area contributed by atoms with Gasteiger partial charge in [-0.3, -0.25) is 0 Å². The molecule has 1 N–H and O–H groups in total. The van der Waals surface area contributed by atoms with Gasteiger partial charge in [0, 0.05) is 18.2 Å². The minimum absolute atomic E-state index is 0.333. The van der Waals surface area contributed by atoms with Crippen molar-refractivity contribution in [2.24, 2.45) is 0 Å². The van der Waals surface area contributed by atoms with Crippen LogP contribution < -0.4 is 0 Å². The van der Waals surface area contributed by atoms with E-state index >= 15 is 0 Å². The van der Waals surface area contributed by atoms with Gasteiger partial charge in [-0.1, -0.05) is 42.5 Å². The van der Waals surface area contributed by atoms with Crippen molar-refractivity contribution in [3.63, 3.8) is 0 Å². The molecular formula is C15H16N2OS. The van der Waals surface area contributed by atoms with Crippen LogP contribution in [0.15, 0.2) is 36.4 Å². The average Bonchev–Trinajstić information content (AvgIpc) is 2.48. The first-order valence-corrected chi connectivity index (χ1v) is 6.98. The third-order valence-electron chi connectivity index (χ3n) is 3.39. The Morgan fingerprint density at radius 3 is 2.84 bits per heavy atom. The predicted molar refractivity (Wildman–Crippen MR) is 77.7 cm³/mol. The molecule has 0 bridgehead atoms. The molecule has 19 heavy (non-hydrogen) atoms. The van der Waals surface area contributed by atoms with Gasteiger partial charge in [-0.05, 0) is 24.5 Å². The van der Waals surface area contributed by atoms with Crippen LogP contribution in [-0.2, 0) is 4.74 Å². The molecule has 1 aromatic carbocycles. The number of aromatic amines is 1. The van der Waals surface area contributed by atoms with Crippen molar-refractivity contribution >= 4 is 12.2 Å². The molecule has 3 rings (SSSR count). The summed E-state index contributed by atoms with van der Waals surface area (Å²) in [7, 11) is 0. The van der Waals surface area contributed by atoms with Crippen molar-refractivity contribution in [3.8, 4) is 11.3 Å². The normalized spacial score (nSPS) is 19.3. The lowest BCUT2D eigenvalue weighted by molar-refractivity contribution is 0.0780. The number of benzene rings is 1. The summed E-state index contributed by atoms with van der Waals surface area (Å²) in [6.07, 6.45) is 2.19. The summed E-state index contributed by atoms with van der Waals surface area (Å²) >= 11 is 5.28. The Balaban J connectivity index is 1.98. The molecule has 1 atom stereocenters. The van der Waals surface area contributed by atoms with E-state index in [4.69, 9.17) is 17.0 Å². The minimum Gasteiger partial charge on any atom is -0.381 e. The van der Waals surface area contributed by atoms with Crippen molar-refractivity contribution in [1.29, 1.82) is 0 Å². The lowest BCUT2D eigenvalue weighted by Gasteiger charge is -2.21. The van der Waals surface area contributed by atoms with Crippen LogP contribution in [-0.4, -0.2) is 23.2 Å². The molecule has 0 radical (unpaired) electrons. The van der Waals surface area contributed by atoms with Gasteiger partial charge in [-0.2, -0.15) is 0 Å². The fourth-order valence-corrected chi connectivity index (χ4v) is 2.62. The molecule has 1 unspecified atom stereocenters. The Hall–Kier alpha value is -1.52. The molecule has 1 saturated heterocycles. The molecular weight excluding hydrogens is 256 g/mol. The van der Waals surface area contributed by atoms with E-state index in [1.807, 2.05) is 24.3 Å². The van der Waals surface area contributed by atoms with Crippen LogP contribution in [0.2, 0.25) is 0 Å². The van der Waals surface area contributed by atoms with Gasteiger partial charge < -0.3 is 9.72 Å². The zero-order valence-corrected chi connectivity index (χ0v) is 11.5. The summed E-state index contributed by atoms with van der Waals surface area (Å²) in [4.78, 5) is 7.88. The number of H-pyrrole nitrogens is 1. The third-order valence-corrected chi connectivity index (χ3v) is 3.60. The Labute approximate surface area is 117 Å². The Kier molecular flexibility index (Phi) is 3.71. The Morgan fingerprint density at radius 2 is 2.11 bits per heavy atom. The number of ether oxygens (including phenoxy) is 1. The lowest BCUT2D eigenvalue weighted by Crippen LogP contribution is -2.18. The van der Waals surface area contributed by atoms with Crippen molar-refractivity contribution < 1.29 is 4.74 Å². The molecule has 98 valence electrons. The van der Waals surface area contributed by atoms with Crippen molar-refractivity contribution in [3.05, 3.63) is 46.9 Å². The molecule has 1 fully saturated rings. The highest BCUT2D eigenvalue weighted by atomic mass is 32.1. The molecule has 3 nitrogen and oxygen atoms in total. The van der Waals surface area contributed by atoms with Gasteiger partial charge in [-0.15, -0.1) is 0 Å². The van der Waals surface area contributed by atoms with Crippen LogP contribution in [0.3, 0.4) is 0 Å². The van der Waals surface area contributed by atoms with Gasteiger partial charge in [0.25, 0.3) is 0 Å². The fraction of sp³-hybridized carbons (Fsp3) is 0.333. The van der Waals surface area contributed by atoms with Crippen molar-refractivity contribution in [1.82, 2.24) is 9.97 Å². The van der Waals surface area contributed by atoms with Gasteiger partial charge in [0.05, 0.1) is 6.61 Å². The number of hydrogen-bond donors (Lipinski definition) is 1. The molecule has 2 heterocycles. The quantitative estimate of drug-likeness (QED) is 0.847. The van der Waals surface area contributed by atoms with Gasteiger partial charge in [0.2, 0.25) is 0 Å². The second kappa shape index (κ2) is 5.63. The summed E-state index contributed by atoms with van der Waals surface area (Å²) in [6, 6.07) is 12.1. The highest BCUT2D eigenvalue weighted by Crippen LogP contribution is 2.25. The van der Waals surface area contributed by atoms with Crippen LogP contribution in [0, 0.1) is 4.64 Å². The van der Waals surface area contributed by atoms with E-state index in [1.165, 1.54) is 0 Å². The smallest absolute Gasteiger partial charge is 0.130 e. The van der Waals surface area contributed by atoms with Crippen LogP contribution in [0.1, 0.15) is 24.6 Å². The predicted octanol–water partition coefficient (Wildman–Crippen LogP) is 3.70. The highest BCUT2D eigenvalue weighted by molar-refractivity contribution is 7.71. The van der Waals surface area contributed by atoms with Crippen LogP contribution in [0.25, 0.3) is 11.3 Å². The van der Waals surface area contributed by atoms with Gasteiger partial charge in [0.15, 0.2) is 0 Å². The second-order valence-electron chi connectivity index (χ2n) is 4.80. The van der Waals surface area contributed by atoms with E-state index < -0.39 is 0 Å². The summed E-state index contributed by atoms with van der Waals surface area (Å²) < 4.78 is 6.17. The molecule has 2 aromatic rings. The van der Waals surface area contributed by atoms with Gasteiger partial charge >= 0.3 is 0 Å². The number of nitrogens with zero attached hydrogens (tertiary/aromatic N) is 1. The Morgan fingerprint density at radius 1 is 1.26 bits per heavy atom. The number of aromatic nitrogens is 2. The van der Waals surface area contributed by atoms with Gasteiger partial charge in [-0.25, -0.2) is 4.98 Å². The standard InChI is InChI=1S/C15H16N2OS/c19-14-9-13(11-5-2-1-3-6-11)16-15(17-14)12-7-4-8-18-10-12/h1-3,5-6,9,12H,4,7-8,10H2,(H,16,17,19). The average molecular weight is 272 g/mol. The second-order valence-corrected chi connectivity index (χ2v) is 5.22. The largest absolute Gasteiger partial charge is 0.381 e. The number of rotatable bonds is 2. The van der Waals surface area contributed by atoms with Crippen molar-refractivity contribution in [2.45, 2.75) is 18.8 Å². The maximum Gasteiger partial charge on any atom is 0.130 e. The zero-order chi connectivity index (χ0) is 13.1. The van der Waals surface area contributed by atoms with E-state index in [0.29, 0.717) is 10.6 Å². The maximum absolute atomic E-state index is 5.53. The first-order valence-electron chi connectivity index (χ1n) is 6.57. The summed E-state index contributed by atoms with van der Waals surface area (Å²) in [6.45, 7) is 1.59. The molecule has 0 saturated carbocycles. The van der Waals surface area contributed by atoms with E-state index in [9.17, 15) is 0 Å². The Bertz CT molecular complexity index is 603. The van der Waals surface area contributed by atoms with Crippen molar-refractivity contribution in [2.75, 3.05) is 13.2 Å². The molecule has 0 amide bonds. The molecule has 1 aromatic heterocycles. The van der Waals surface area contributed by atoms with E-state index in [1.54, 1.807) is 0 Å². The van der Waals surface area contributed by atoms with Crippen LogP contribution in [0.4, 0.5) is 0 Å². The maximum atomic E-state index is 5.53. The number of hydrogen-bond acceptors (Lipinski definition) is 3. The monoisotopic (exact) mass is 272 g/mol. The first-order chi connectivity index (χ1) is 9.33. The highest BCUT2D eigenvalue weighted by Gasteiger charge is 2.18. The topological polar surface area (TPSA) is 37.9 Å². The molecule has 0 aliphatic carbocycles. The van der Waals surface area contributed by atoms with Crippen LogP contribution in [0.5, 0.6) is 0 Å². The number of nitrogens with one attached hydrogen (secondary N) is 1. The third kappa shape index (κ3) is 2.91. The zero-order valence-electron chi connectivity index (χ0n) is 10.6. The fourth-order valence-electron chi connectivity index (χ4n) is 2.40. The molecule has 0 spiro atoms. The summed E-state index contributed by atoms with van der Waals surface area (Å²) in [5.74, 6) is 1.28.